The standard InChI is InChI=1S/C41H69NO4Si.C37H64O3Si.C7H4ClNO4.C3H7N/c1-12-47(13-2,14-3)46-35-34-32(27(6)24-29(44-34)33(26(4)5)45-36(43)42-22-15-23-42)38(10)20-21-41-25-40(41)19-18-28(7)37(8,9)30(40)16-17-31(41)39(35,38)11;1-12-41(13-2,14-3)40-32-31-29(24(6)21-26(39-31)30(38)23(4)5)34(10)19-20-37-22-36(37)18-17-25(7)33(8,9)27(36)15-16-28(37)35(32,34)11;8-7(10)13-6-3-1-5(2-4-6)9(11)12;1-2-4-3-1/h27-35H,4,12-25H2,1-3,5-11H3;24-32,38H,4,12-22H2,1-3,5-11H3;1-4H;4H,1-3H2/t27-,28+,29-,30+,31+,32+,33-,34+,35+,38-,39-,40-,41+;24-,25+,26-,27+,28+,29+,30-,31+,32+,34-,35-,36-,37+;;/m11../s1. The number of hydrogen-bond donors (Lipinski definition) is 2. The van der Waals surface area contributed by atoms with Crippen LogP contribution in [-0.2, 0) is 23.1 Å². The number of benzene rings is 1. The molecule has 0 unspecified atom stereocenters. The van der Waals surface area contributed by atoms with Crippen molar-refractivity contribution in [2.24, 2.45) is 113 Å². The van der Waals surface area contributed by atoms with Gasteiger partial charge in [-0.1, -0.05) is 138 Å². The molecule has 1 amide bonds. The number of carbonyl (C=O) groups excluding carboxylic acids is 2. The van der Waals surface area contributed by atoms with Gasteiger partial charge in [0, 0.05) is 47.7 Å². The molecule has 4 heterocycles. The predicted octanol–water partition coefficient (Wildman–Crippen LogP) is 22.0. The highest BCUT2D eigenvalue weighted by molar-refractivity contribution is 6.74. The second-order valence-electron chi connectivity index (χ2n) is 40.1. The number of nitrogens with zero attached hydrogens (tertiary/aromatic N) is 2. The molecule has 14 fully saturated rings. The lowest BCUT2D eigenvalue weighted by Crippen LogP contribution is -2.60. The maximum atomic E-state index is 13.1. The summed E-state index contributed by atoms with van der Waals surface area (Å²) in [4.78, 5) is 34.9. The molecule has 15 rings (SSSR count). The van der Waals surface area contributed by atoms with E-state index in [1.165, 1.54) is 152 Å². The maximum absolute atomic E-state index is 13.1. The van der Waals surface area contributed by atoms with Crippen LogP contribution in [0.4, 0.5) is 15.3 Å². The van der Waals surface area contributed by atoms with Crippen LogP contribution in [0.3, 0.4) is 0 Å². The summed E-state index contributed by atoms with van der Waals surface area (Å²) in [5.41, 5.74) is 4.18. The average molecular weight is 1510 g/mol. The van der Waals surface area contributed by atoms with Crippen molar-refractivity contribution in [1.29, 1.82) is 0 Å². The van der Waals surface area contributed by atoms with Gasteiger partial charge in [0.15, 0.2) is 22.7 Å². The van der Waals surface area contributed by atoms with E-state index in [1.807, 2.05) is 18.7 Å². The van der Waals surface area contributed by atoms with Gasteiger partial charge in [-0.2, -0.15) is 0 Å². The molecule has 0 aromatic heterocycles. The van der Waals surface area contributed by atoms with Crippen LogP contribution in [0.15, 0.2) is 48.6 Å². The van der Waals surface area contributed by atoms with Gasteiger partial charge in [-0.15, -0.1) is 0 Å². The molecular weight excluding hydrogens is 1370 g/mol. The highest BCUT2D eigenvalue weighted by Gasteiger charge is 2.87. The molecule has 105 heavy (non-hydrogen) atoms. The van der Waals surface area contributed by atoms with E-state index in [9.17, 15) is 24.8 Å². The molecule has 26 atom stereocenters. The number of likely N-dealkylation sites (tertiary alicyclic amines) is 1. The zero-order chi connectivity index (χ0) is 76.6. The molecule has 4 spiro atoms. The lowest BCUT2D eigenvalue weighted by molar-refractivity contribution is -0.384. The smallest absolute Gasteiger partial charge is 0.410 e. The van der Waals surface area contributed by atoms with E-state index in [-0.39, 0.29) is 75.8 Å². The molecule has 0 bridgehead atoms. The third-order valence-corrected chi connectivity index (χ3v) is 45.6. The van der Waals surface area contributed by atoms with Crippen LogP contribution in [0.25, 0.3) is 0 Å². The molecule has 1 aromatic carbocycles. The Bertz CT molecular complexity index is 3340. The van der Waals surface area contributed by atoms with Crippen molar-refractivity contribution in [3.63, 3.8) is 0 Å². The van der Waals surface area contributed by atoms with Crippen molar-refractivity contribution in [3.8, 4) is 5.75 Å². The van der Waals surface area contributed by atoms with Crippen molar-refractivity contribution in [2.75, 3.05) is 26.2 Å². The zero-order valence-electron chi connectivity index (χ0n) is 69.2. The lowest BCUT2D eigenvalue weighted by Gasteiger charge is -2.64. The Morgan fingerprint density at radius 1 is 0.619 bits per heavy atom. The number of non-ortho nitro benzene ring substituents is 1. The van der Waals surface area contributed by atoms with Gasteiger partial charge in [-0.3, -0.25) is 10.1 Å². The number of nitro benzene ring substituents is 1. The summed E-state index contributed by atoms with van der Waals surface area (Å²) >= 11 is 4.92. The van der Waals surface area contributed by atoms with E-state index in [2.05, 4.69) is 148 Å². The summed E-state index contributed by atoms with van der Waals surface area (Å²) < 4.78 is 41.1. The van der Waals surface area contributed by atoms with Gasteiger partial charge in [0.2, 0.25) is 0 Å². The van der Waals surface area contributed by atoms with Gasteiger partial charge in [0.1, 0.15) is 11.9 Å². The van der Waals surface area contributed by atoms with Crippen LogP contribution in [0.1, 0.15) is 254 Å². The largest absolute Gasteiger partial charge is 0.439 e. The lowest BCUT2D eigenvalue weighted by atomic mass is 9.41. The van der Waals surface area contributed by atoms with E-state index >= 15 is 0 Å². The first-order chi connectivity index (χ1) is 49.3. The van der Waals surface area contributed by atoms with Crippen molar-refractivity contribution in [1.82, 2.24) is 10.2 Å². The highest BCUT2D eigenvalue weighted by atomic mass is 35.5. The normalized spacial score (nSPS) is 44.2. The fraction of sp³-hybridized carbons (Fsp3) is 0.864. The fourth-order valence-corrected chi connectivity index (χ4v) is 34.6. The molecule has 592 valence electrons. The monoisotopic (exact) mass is 1510 g/mol. The van der Waals surface area contributed by atoms with Crippen molar-refractivity contribution < 1.29 is 47.4 Å². The summed E-state index contributed by atoms with van der Waals surface area (Å²) in [6, 6.07) is 12.0. The van der Waals surface area contributed by atoms with Gasteiger partial charge in [0.05, 0.1) is 41.5 Å². The zero-order valence-corrected chi connectivity index (χ0v) is 72.0. The average Bonchev–Trinajstić information content (AvgIpc) is 1.46. The number of nitrogens with one attached hydrogen (secondary N) is 1. The number of amides is 1. The van der Waals surface area contributed by atoms with E-state index < -0.39 is 39.2 Å². The summed E-state index contributed by atoms with van der Waals surface area (Å²) in [5.74, 6) is 6.91. The molecule has 4 aliphatic heterocycles. The van der Waals surface area contributed by atoms with E-state index in [4.69, 9.17) is 34.7 Å². The number of aliphatic hydroxyl groups is 1. The Kier molecular flexibility index (Phi) is 22.9. The van der Waals surface area contributed by atoms with Crippen molar-refractivity contribution in [2.45, 2.75) is 339 Å². The Morgan fingerprint density at radius 3 is 1.36 bits per heavy atom. The Morgan fingerprint density at radius 2 is 1.01 bits per heavy atom. The fourth-order valence-electron chi connectivity index (χ4n) is 28.7. The van der Waals surface area contributed by atoms with E-state index in [1.54, 1.807) is 0 Å². The second-order valence-corrected chi connectivity index (χ2v) is 49.8. The number of fused-ring (bicyclic) bond motifs is 8. The summed E-state index contributed by atoms with van der Waals surface area (Å²) in [7, 11) is -3.88. The highest BCUT2D eigenvalue weighted by Crippen LogP contribution is 2.92. The van der Waals surface area contributed by atoms with E-state index in [0.717, 1.165) is 91.2 Å². The Labute approximate surface area is 642 Å². The van der Waals surface area contributed by atoms with Crippen molar-refractivity contribution in [3.05, 3.63) is 58.7 Å². The molecule has 0 radical (unpaired) electrons. The molecule has 14 aliphatic rings. The minimum Gasteiger partial charge on any atom is -0.439 e. The minimum atomic E-state index is -1.97. The number of aliphatic hydroxyl groups excluding tert-OH is 1. The Balaban J connectivity index is 0.000000162. The first kappa shape index (κ1) is 81.8. The topological polar surface area (TPSA) is 168 Å². The van der Waals surface area contributed by atoms with E-state index in [0.29, 0.717) is 62.1 Å². The summed E-state index contributed by atoms with van der Waals surface area (Å²) in [6.07, 6.45) is 22.7. The van der Waals surface area contributed by atoms with Gasteiger partial charge >= 0.3 is 11.5 Å². The first-order valence-electron chi connectivity index (χ1n) is 42.8. The summed E-state index contributed by atoms with van der Waals surface area (Å²) in [5, 5.41) is 24.5. The number of ether oxygens (including phenoxy) is 4. The summed E-state index contributed by atoms with van der Waals surface area (Å²) in [6.45, 7) is 62.2. The third kappa shape index (κ3) is 12.6. The number of hydrogen-bond acceptors (Lipinski definition) is 12. The molecule has 10 saturated carbocycles. The molecular formula is C88H144ClN3O11Si2. The number of rotatable bonds is 17. The van der Waals surface area contributed by atoms with Crippen LogP contribution >= 0.6 is 11.6 Å². The molecule has 17 heteroatoms. The van der Waals surface area contributed by atoms with Crippen LogP contribution < -0.4 is 10.1 Å². The number of carbonyl (C=O) groups is 2. The molecule has 2 N–H and O–H groups in total. The van der Waals surface area contributed by atoms with Crippen LogP contribution in [-0.4, -0.2) is 118 Å². The molecule has 4 saturated heterocycles. The van der Waals surface area contributed by atoms with Gasteiger partial charge in [0.25, 0.3) is 5.69 Å². The molecule has 14 nitrogen and oxygen atoms in total. The number of halogens is 1. The SMILES string of the molecule is C1CNC1.C=C(C)[C@@H](O)[C@H]1C[C@@H](C)[C@H]2[C@H](O1)[C@H](O[Si](CC)(CC)CC)[C@@]1(C)[C@@H]3CC[C@H]4C(C)(C)[C@@H](C)CC[C@@]45C[C@@]35CC[C@]21C.C=C(C)[C@@H](OC(=O)N1CCC1)[C@H]1C[C@@H](C)[C@H]2[C@H](O1)[C@H](O[Si](CC)(CC)CC)[C@@]1(C)[C@@H]3CC[C@H]4C(C)(C)[C@@H](C)CC[C@@]45C[C@@]35CC[C@]21C.O=C(Cl)Oc1ccc([N+](=O)[O-])cc1. The third-order valence-electron chi connectivity index (χ3n) is 36.3. The minimum absolute atomic E-state index is 0.0326. The predicted molar refractivity (Wildman–Crippen MR) is 427 cm³/mol. The molecule has 1 aromatic rings. The maximum Gasteiger partial charge on any atom is 0.410 e. The van der Waals surface area contributed by atoms with Gasteiger partial charge < -0.3 is 43.1 Å². The molecule has 10 aliphatic carbocycles. The van der Waals surface area contributed by atoms with Crippen molar-refractivity contribution >= 4 is 45.4 Å². The number of nitro groups is 1. The second kappa shape index (κ2) is 29.4. The first-order valence-corrected chi connectivity index (χ1v) is 48.2. The van der Waals surface area contributed by atoms with Crippen LogP contribution in [0, 0.1) is 123 Å². The van der Waals surface area contributed by atoms with Crippen LogP contribution in [0.5, 0.6) is 5.75 Å². The van der Waals surface area contributed by atoms with Gasteiger partial charge in [-0.05, 0) is 305 Å². The Hall–Kier alpha value is -2.68. The quantitative estimate of drug-likeness (QED) is 0.0499. The van der Waals surface area contributed by atoms with Gasteiger partial charge in [-0.25, -0.2) is 9.59 Å². The van der Waals surface area contributed by atoms with Crippen LogP contribution in [0.2, 0.25) is 36.3 Å².